The fourth-order valence-corrected chi connectivity index (χ4v) is 0.951. The minimum atomic E-state index is -0.903. The maximum atomic E-state index is 10.3. The third kappa shape index (κ3) is 3.50. The standard InChI is InChI=1S/C6H10BrNO2/c1-2-4-8(5-3-7)6(9)10/h2H,1,3-5H2,(H,9,10). The topological polar surface area (TPSA) is 40.5 Å². The summed E-state index contributed by atoms with van der Waals surface area (Å²) in [6, 6.07) is 0. The molecule has 0 spiro atoms. The van der Waals surface area contributed by atoms with Crippen molar-refractivity contribution < 1.29 is 9.90 Å². The van der Waals surface area contributed by atoms with Crippen LogP contribution < -0.4 is 0 Å². The summed E-state index contributed by atoms with van der Waals surface area (Å²) in [4.78, 5) is 11.6. The summed E-state index contributed by atoms with van der Waals surface area (Å²) < 4.78 is 0. The summed E-state index contributed by atoms with van der Waals surface area (Å²) in [7, 11) is 0. The van der Waals surface area contributed by atoms with Gasteiger partial charge in [-0.3, -0.25) is 0 Å². The highest BCUT2D eigenvalue weighted by molar-refractivity contribution is 9.09. The van der Waals surface area contributed by atoms with E-state index >= 15 is 0 Å². The summed E-state index contributed by atoms with van der Waals surface area (Å²) in [5, 5.41) is 9.15. The molecule has 3 nitrogen and oxygen atoms in total. The van der Waals surface area contributed by atoms with Crippen LogP contribution in [0.2, 0.25) is 0 Å². The fraction of sp³-hybridized carbons (Fsp3) is 0.500. The molecule has 0 aromatic carbocycles. The van der Waals surface area contributed by atoms with Crippen molar-refractivity contribution in [3.63, 3.8) is 0 Å². The third-order valence-corrected chi connectivity index (χ3v) is 1.33. The van der Waals surface area contributed by atoms with Gasteiger partial charge in [-0.1, -0.05) is 22.0 Å². The van der Waals surface area contributed by atoms with Gasteiger partial charge < -0.3 is 10.0 Å². The minimum Gasteiger partial charge on any atom is -0.465 e. The minimum absolute atomic E-state index is 0.390. The summed E-state index contributed by atoms with van der Waals surface area (Å²) >= 11 is 3.15. The van der Waals surface area contributed by atoms with Crippen LogP contribution in [0.15, 0.2) is 12.7 Å². The Balaban J connectivity index is 3.71. The molecule has 0 unspecified atom stereocenters. The van der Waals surface area contributed by atoms with E-state index in [9.17, 15) is 4.79 Å². The Kier molecular flexibility index (Phi) is 5.02. The third-order valence-electron chi connectivity index (χ3n) is 0.974. The van der Waals surface area contributed by atoms with E-state index < -0.39 is 6.09 Å². The molecule has 0 rings (SSSR count). The van der Waals surface area contributed by atoms with E-state index in [1.165, 1.54) is 4.90 Å². The Bertz CT molecular complexity index is 127. The van der Waals surface area contributed by atoms with Crippen LogP contribution in [-0.2, 0) is 0 Å². The normalized spacial score (nSPS) is 8.90. The molecule has 1 amide bonds. The predicted octanol–water partition coefficient (Wildman–Crippen LogP) is 1.55. The van der Waals surface area contributed by atoms with Crippen LogP contribution in [0.1, 0.15) is 0 Å². The van der Waals surface area contributed by atoms with E-state index in [1.54, 1.807) is 6.08 Å². The number of hydrogen-bond donors (Lipinski definition) is 1. The lowest BCUT2D eigenvalue weighted by Gasteiger charge is -2.14. The van der Waals surface area contributed by atoms with Gasteiger partial charge in [0.05, 0.1) is 0 Å². The van der Waals surface area contributed by atoms with Crippen molar-refractivity contribution in [1.82, 2.24) is 4.90 Å². The van der Waals surface area contributed by atoms with Crippen LogP contribution in [0.4, 0.5) is 4.79 Å². The van der Waals surface area contributed by atoms with Crippen molar-refractivity contribution in [3.8, 4) is 0 Å². The van der Waals surface area contributed by atoms with Gasteiger partial charge in [0.25, 0.3) is 0 Å². The first-order valence-electron chi connectivity index (χ1n) is 2.87. The Morgan fingerprint density at radius 1 is 1.80 bits per heavy atom. The lowest BCUT2D eigenvalue weighted by atomic mass is 10.5. The average molecular weight is 208 g/mol. The number of amides is 1. The SMILES string of the molecule is C=CCN(CCBr)C(=O)O. The van der Waals surface area contributed by atoms with Gasteiger partial charge in [-0.25, -0.2) is 4.79 Å². The first-order chi connectivity index (χ1) is 4.72. The highest BCUT2D eigenvalue weighted by Gasteiger charge is 2.06. The van der Waals surface area contributed by atoms with Crippen LogP contribution in [0.3, 0.4) is 0 Å². The van der Waals surface area contributed by atoms with E-state index in [1.807, 2.05) is 0 Å². The number of halogens is 1. The molecule has 0 aromatic heterocycles. The summed E-state index contributed by atoms with van der Waals surface area (Å²) in [5.41, 5.74) is 0. The molecule has 0 atom stereocenters. The maximum Gasteiger partial charge on any atom is 0.407 e. The second-order valence-electron chi connectivity index (χ2n) is 1.71. The average Bonchev–Trinajstić information content (AvgIpc) is 1.87. The molecule has 0 bridgehead atoms. The number of carboxylic acid groups (broad SMARTS) is 1. The summed E-state index contributed by atoms with van der Waals surface area (Å²) in [5.74, 6) is 0. The number of nitrogens with zero attached hydrogens (tertiary/aromatic N) is 1. The molecule has 0 saturated carbocycles. The Morgan fingerprint density at radius 2 is 2.40 bits per heavy atom. The maximum absolute atomic E-state index is 10.3. The lowest BCUT2D eigenvalue weighted by molar-refractivity contribution is 0.153. The molecule has 0 heterocycles. The molecule has 1 N–H and O–H groups in total. The molecule has 0 saturated heterocycles. The van der Waals surface area contributed by atoms with E-state index in [0.717, 1.165) is 0 Å². The fourth-order valence-electron chi connectivity index (χ4n) is 0.523. The second kappa shape index (κ2) is 5.29. The second-order valence-corrected chi connectivity index (χ2v) is 2.50. The van der Waals surface area contributed by atoms with Crippen LogP contribution in [0, 0.1) is 0 Å². The quantitative estimate of drug-likeness (QED) is 0.562. The molecule has 0 radical (unpaired) electrons. The largest absolute Gasteiger partial charge is 0.465 e. The molecule has 0 fully saturated rings. The summed E-state index contributed by atoms with van der Waals surface area (Å²) in [6.07, 6.45) is 0.663. The van der Waals surface area contributed by atoms with E-state index in [0.29, 0.717) is 18.4 Å². The van der Waals surface area contributed by atoms with Crippen molar-refractivity contribution in [2.24, 2.45) is 0 Å². The zero-order valence-electron chi connectivity index (χ0n) is 5.59. The van der Waals surface area contributed by atoms with E-state index in [-0.39, 0.29) is 0 Å². The zero-order chi connectivity index (χ0) is 7.98. The number of alkyl halides is 1. The van der Waals surface area contributed by atoms with Crippen LogP contribution in [0.25, 0.3) is 0 Å². The Hall–Kier alpha value is -0.510. The van der Waals surface area contributed by atoms with Crippen molar-refractivity contribution in [2.75, 3.05) is 18.4 Å². The van der Waals surface area contributed by atoms with Crippen LogP contribution in [-0.4, -0.2) is 34.5 Å². The molecule has 0 aliphatic rings. The zero-order valence-corrected chi connectivity index (χ0v) is 7.17. The van der Waals surface area contributed by atoms with Crippen molar-refractivity contribution in [3.05, 3.63) is 12.7 Å². The lowest BCUT2D eigenvalue weighted by Crippen LogP contribution is -2.31. The Morgan fingerprint density at radius 3 is 2.70 bits per heavy atom. The van der Waals surface area contributed by atoms with Gasteiger partial charge in [-0.2, -0.15) is 0 Å². The van der Waals surface area contributed by atoms with Crippen molar-refractivity contribution >= 4 is 22.0 Å². The summed E-state index contributed by atoms with van der Waals surface area (Å²) in [6.45, 7) is 4.34. The molecular weight excluding hydrogens is 198 g/mol. The Labute approximate surface area is 68.5 Å². The van der Waals surface area contributed by atoms with Gasteiger partial charge in [-0.15, -0.1) is 6.58 Å². The number of hydrogen-bond acceptors (Lipinski definition) is 1. The smallest absolute Gasteiger partial charge is 0.407 e. The van der Waals surface area contributed by atoms with Crippen LogP contribution in [0.5, 0.6) is 0 Å². The van der Waals surface area contributed by atoms with Gasteiger partial charge in [-0.05, 0) is 0 Å². The van der Waals surface area contributed by atoms with E-state index in [2.05, 4.69) is 22.5 Å². The van der Waals surface area contributed by atoms with Crippen molar-refractivity contribution in [1.29, 1.82) is 0 Å². The first-order valence-corrected chi connectivity index (χ1v) is 3.99. The first kappa shape index (κ1) is 9.49. The van der Waals surface area contributed by atoms with Crippen molar-refractivity contribution in [2.45, 2.75) is 0 Å². The molecule has 4 heteroatoms. The van der Waals surface area contributed by atoms with Gasteiger partial charge in [0.1, 0.15) is 0 Å². The molecular formula is C6H10BrNO2. The van der Waals surface area contributed by atoms with Gasteiger partial charge >= 0.3 is 6.09 Å². The van der Waals surface area contributed by atoms with E-state index in [4.69, 9.17) is 5.11 Å². The molecule has 0 aromatic rings. The number of rotatable bonds is 4. The van der Waals surface area contributed by atoms with Crippen LogP contribution >= 0.6 is 15.9 Å². The molecule has 0 aliphatic heterocycles. The molecule has 58 valence electrons. The molecule has 0 aliphatic carbocycles. The predicted molar refractivity (Wildman–Crippen MR) is 43.6 cm³/mol. The highest BCUT2D eigenvalue weighted by atomic mass is 79.9. The highest BCUT2D eigenvalue weighted by Crippen LogP contribution is 1.91. The van der Waals surface area contributed by atoms with Gasteiger partial charge in [0, 0.05) is 18.4 Å². The molecule has 10 heavy (non-hydrogen) atoms. The number of carbonyl (C=O) groups is 1. The van der Waals surface area contributed by atoms with Gasteiger partial charge in [0.15, 0.2) is 0 Å². The monoisotopic (exact) mass is 207 g/mol. The van der Waals surface area contributed by atoms with Gasteiger partial charge in [0.2, 0.25) is 0 Å².